The van der Waals surface area contributed by atoms with E-state index in [9.17, 15) is 9.59 Å². The second kappa shape index (κ2) is 7.81. The number of piperazine rings is 1. The summed E-state index contributed by atoms with van der Waals surface area (Å²) < 4.78 is 0. The zero-order chi connectivity index (χ0) is 20.7. The lowest BCUT2D eigenvalue weighted by molar-refractivity contribution is -0.133. The van der Waals surface area contributed by atoms with Crippen LogP contribution in [0.1, 0.15) is 39.5 Å². The number of aryl methyl sites for hydroxylation is 2. The minimum absolute atomic E-state index is 0.0680. The predicted molar refractivity (Wildman–Crippen MR) is 116 cm³/mol. The van der Waals surface area contributed by atoms with Crippen LogP contribution in [0.2, 0.25) is 5.02 Å². The number of carbonyl (C=O) groups excluding carboxylic acids is 2. The van der Waals surface area contributed by atoms with E-state index in [0.717, 1.165) is 48.6 Å². The largest absolute Gasteiger partial charge is 0.340 e. The highest BCUT2D eigenvalue weighted by Gasteiger charge is 2.40. The van der Waals surface area contributed by atoms with Crippen LogP contribution in [0.5, 0.6) is 0 Å². The molecule has 2 heterocycles. The van der Waals surface area contributed by atoms with E-state index < -0.39 is 0 Å². The number of carbonyl (C=O) groups is 2. The number of benzene rings is 2. The van der Waals surface area contributed by atoms with Crippen LogP contribution < -0.4 is 4.90 Å². The molecule has 0 saturated carbocycles. The molecule has 2 aliphatic heterocycles. The highest BCUT2D eigenvalue weighted by molar-refractivity contribution is 6.31. The molecule has 152 valence electrons. The van der Waals surface area contributed by atoms with Crippen molar-refractivity contribution in [2.75, 3.05) is 38.1 Å². The standard InChI is InChI=1S/C23H26ClN3O2/c1-15-11-19-20(12-16(15)2)23(29)27(18-6-4-5-17(24)13-18)21(19)14-22(28)26-9-7-25(3)8-10-26/h4-6,11-13,21H,7-10,14H2,1-3H3. The number of hydrogen-bond donors (Lipinski definition) is 0. The van der Waals surface area contributed by atoms with Crippen molar-refractivity contribution >= 4 is 29.1 Å². The van der Waals surface area contributed by atoms with Crippen molar-refractivity contribution in [1.29, 1.82) is 0 Å². The Balaban J connectivity index is 1.70. The van der Waals surface area contributed by atoms with Gasteiger partial charge in [0.05, 0.1) is 12.5 Å². The number of halogens is 1. The van der Waals surface area contributed by atoms with Gasteiger partial charge in [-0.1, -0.05) is 23.7 Å². The van der Waals surface area contributed by atoms with Gasteiger partial charge in [-0.2, -0.15) is 0 Å². The first-order valence-corrected chi connectivity index (χ1v) is 10.4. The van der Waals surface area contributed by atoms with E-state index in [2.05, 4.69) is 18.0 Å². The van der Waals surface area contributed by atoms with Gasteiger partial charge in [-0.3, -0.25) is 9.59 Å². The van der Waals surface area contributed by atoms with Crippen molar-refractivity contribution in [1.82, 2.24) is 9.80 Å². The molecule has 6 heteroatoms. The number of anilines is 1. The summed E-state index contributed by atoms with van der Waals surface area (Å²) in [5, 5.41) is 0.572. The van der Waals surface area contributed by atoms with E-state index in [1.165, 1.54) is 0 Å². The maximum Gasteiger partial charge on any atom is 0.259 e. The number of hydrogen-bond acceptors (Lipinski definition) is 3. The topological polar surface area (TPSA) is 43.9 Å². The summed E-state index contributed by atoms with van der Waals surface area (Å²) in [4.78, 5) is 32.3. The molecular weight excluding hydrogens is 386 g/mol. The smallest absolute Gasteiger partial charge is 0.259 e. The van der Waals surface area contributed by atoms with Crippen LogP contribution in [0.15, 0.2) is 36.4 Å². The first kappa shape index (κ1) is 19.9. The monoisotopic (exact) mass is 411 g/mol. The maximum atomic E-state index is 13.3. The van der Waals surface area contributed by atoms with Gasteiger partial charge in [0, 0.05) is 42.5 Å². The molecule has 2 aromatic rings. The maximum absolute atomic E-state index is 13.3. The molecule has 1 saturated heterocycles. The molecule has 0 spiro atoms. The molecule has 0 aromatic heterocycles. The van der Waals surface area contributed by atoms with Crippen LogP contribution in [0, 0.1) is 13.8 Å². The van der Waals surface area contributed by atoms with Gasteiger partial charge < -0.3 is 14.7 Å². The third-order valence-corrected chi connectivity index (χ3v) is 6.33. The Morgan fingerprint density at radius 1 is 1.07 bits per heavy atom. The molecule has 0 bridgehead atoms. The van der Waals surface area contributed by atoms with Gasteiger partial charge in [-0.25, -0.2) is 0 Å². The number of fused-ring (bicyclic) bond motifs is 1. The Bertz CT molecular complexity index is 967. The van der Waals surface area contributed by atoms with Gasteiger partial charge in [-0.15, -0.1) is 0 Å². The molecule has 4 rings (SSSR count). The first-order chi connectivity index (χ1) is 13.8. The minimum atomic E-state index is -0.317. The Morgan fingerprint density at radius 3 is 2.45 bits per heavy atom. The molecule has 5 nitrogen and oxygen atoms in total. The van der Waals surface area contributed by atoms with Gasteiger partial charge in [0.2, 0.25) is 5.91 Å². The zero-order valence-electron chi connectivity index (χ0n) is 17.1. The van der Waals surface area contributed by atoms with Crippen molar-refractivity contribution in [2.24, 2.45) is 0 Å². The Morgan fingerprint density at radius 2 is 1.76 bits per heavy atom. The van der Waals surface area contributed by atoms with Crippen LogP contribution >= 0.6 is 11.6 Å². The Labute approximate surface area is 176 Å². The SMILES string of the molecule is Cc1cc2c(cc1C)C(CC(=O)N1CCN(C)CC1)N(c1cccc(Cl)c1)C2=O. The minimum Gasteiger partial charge on any atom is -0.340 e. The summed E-state index contributed by atoms with van der Waals surface area (Å²) in [5.41, 5.74) is 4.55. The summed E-state index contributed by atoms with van der Waals surface area (Å²) >= 11 is 6.20. The Kier molecular flexibility index (Phi) is 5.36. The van der Waals surface area contributed by atoms with Crippen LogP contribution in [0.4, 0.5) is 5.69 Å². The second-order valence-electron chi connectivity index (χ2n) is 8.08. The van der Waals surface area contributed by atoms with E-state index >= 15 is 0 Å². The Hall–Kier alpha value is -2.37. The van der Waals surface area contributed by atoms with Gasteiger partial charge >= 0.3 is 0 Å². The van der Waals surface area contributed by atoms with E-state index in [4.69, 9.17) is 11.6 Å². The van der Waals surface area contributed by atoms with Gasteiger partial charge in [0.1, 0.15) is 0 Å². The molecule has 29 heavy (non-hydrogen) atoms. The summed E-state index contributed by atoms with van der Waals surface area (Å²) in [6.45, 7) is 7.27. The molecule has 0 N–H and O–H groups in total. The predicted octanol–water partition coefficient (Wildman–Crippen LogP) is 3.82. The van der Waals surface area contributed by atoms with Crippen molar-refractivity contribution < 1.29 is 9.59 Å². The molecule has 2 aliphatic rings. The molecule has 0 aliphatic carbocycles. The third-order valence-electron chi connectivity index (χ3n) is 6.10. The van der Waals surface area contributed by atoms with Crippen molar-refractivity contribution in [3.63, 3.8) is 0 Å². The van der Waals surface area contributed by atoms with Gasteiger partial charge in [-0.05, 0) is 61.9 Å². The highest BCUT2D eigenvalue weighted by atomic mass is 35.5. The zero-order valence-corrected chi connectivity index (χ0v) is 17.9. The summed E-state index contributed by atoms with van der Waals surface area (Å²) in [6, 6.07) is 11.0. The third kappa shape index (κ3) is 3.77. The molecular formula is C23H26ClN3O2. The lowest BCUT2D eigenvalue weighted by Crippen LogP contribution is -2.47. The fraction of sp³-hybridized carbons (Fsp3) is 0.391. The number of rotatable bonds is 3. The van der Waals surface area contributed by atoms with Gasteiger partial charge in [0.15, 0.2) is 0 Å². The molecule has 1 unspecified atom stereocenters. The highest BCUT2D eigenvalue weighted by Crippen LogP contribution is 2.41. The van der Waals surface area contributed by atoms with Crippen LogP contribution in [0.25, 0.3) is 0 Å². The average molecular weight is 412 g/mol. The van der Waals surface area contributed by atoms with E-state index in [1.807, 2.05) is 36.9 Å². The lowest BCUT2D eigenvalue weighted by Gasteiger charge is -2.34. The van der Waals surface area contributed by atoms with Gasteiger partial charge in [0.25, 0.3) is 5.91 Å². The molecule has 1 fully saturated rings. The summed E-state index contributed by atoms with van der Waals surface area (Å²) in [7, 11) is 2.07. The van der Waals surface area contributed by atoms with Crippen LogP contribution in [-0.4, -0.2) is 54.8 Å². The van der Waals surface area contributed by atoms with E-state index in [0.29, 0.717) is 10.6 Å². The van der Waals surface area contributed by atoms with Crippen LogP contribution in [-0.2, 0) is 4.79 Å². The fourth-order valence-electron chi connectivity index (χ4n) is 4.18. The fourth-order valence-corrected chi connectivity index (χ4v) is 4.37. The van der Waals surface area contributed by atoms with Crippen LogP contribution in [0.3, 0.4) is 0 Å². The number of likely N-dealkylation sites (N-methyl/N-ethyl adjacent to an activating group) is 1. The normalized spacial score (nSPS) is 19.6. The summed E-state index contributed by atoms with van der Waals surface area (Å²) in [6.07, 6.45) is 0.275. The van der Waals surface area contributed by atoms with Crippen molar-refractivity contribution in [3.05, 3.63) is 63.7 Å². The van der Waals surface area contributed by atoms with E-state index in [1.54, 1.807) is 17.0 Å². The molecule has 0 radical (unpaired) electrons. The lowest BCUT2D eigenvalue weighted by atomic mass is 9.96. The van der Waals surface area contributed by atoms with Crippen molar-refractivity contribution in [3.8, 4) is 0 Å². The average Bonchev–Trinajstić information content (AvgIpc) is 2.94. The first-order valence-electron chi connectivity index (χ1n) is 10.0. The second-order valence-corrected chi connectivity index (χ2v) is 8.52. The molecule has 1 atom stereocenters. The number of amides is 2. The van der Waals surface area contributed by atoms with E-state index in [-0.39, 0.29) is 24.3 Å². The summed E-state index contributed by atoms with van der Waals surface area (Å²) in [5.74, 6) is 0.0237. The quantitative estimate of drug-likeness (QED) is 0.771. The van der Waals surface area contributed by atoms with Crippen molar-refractivity contribution in [2.45, 2.75) is 26.3 Å². The molecule has 2 aromatic carbocycles. The molecule has 2 amide bonds. The number of nitrogens with zero attached hydrogens (tertiary/aromatic N) is 3.